The molecule has 10 nitrogen and oxygen atoms in total. The summed E-state index contributed by atoms with van der Waals surface area (Å²) in [5.74, 6) is -4.06. The van der Waals surface area contributed by atoms with E-state index in [4.69, 9.17) is 37.0 Å². The molecule has 5 rings (SSSR count). The predicted octanol–water partition coefficient (Wildman–Crippen LogP) is 7.22. The Morgan fingerprint density at radius 3 is 2.19 bits per heavy atom. The Bertz CT molecular complexity index is 1900. The Labute approximate surface area is 311 Å². The number of aliphatic carboxylic acids is 3. The Balaban J connectivity index is 0.000000398. The highest BCUT2D eigenvalue weighted by molar-refractivity contribution is 7.99. The number of benzene rings is 3. The monoisotopic (exact) mass is 749 g/mol. The smallest absolute Gasteiger partial charge is 0.336 e. The number of rotatable bonds is 16. The van der Waals surface area contributed by atoms with Gasteiger partial charge in [-0.05, 0) is 86.1 Å². The summed E-state index contributed by atoms with van der Waals surface area (Å²) in [7, 11) is 0. The van der Waals surface area contributed by atoms with Gasteiger partial charge in [0.05, 0.1) is 29.7 Å². The number of thioether (sulfide) groups is 1. The van der Waals surface area contributed by atoms with Crippen LogP contribution in [0.2, 0.25) is 5.02 Å². The molecule has 1 atom stereocenters. The molecule has 3 aromatic carbocycles. The average molecular weight is 750 g/mol. The molecule has 52 heavy (non-hydrogen) atoms. The van der Waals surface area contributed by atoms with Crippen molar-refractivity contribution in [2.24, 2.45) is 5.41 Å². The number of aryl methyl sites for hydroxylation is 1. The molecule has 0 radical (unpaired) electrons. The molecule has 1 unspecified atom stereocenters. The Hall–Kier alpha value is -4.26. The molecule has 6 N–H and O–H groups in total. The third-order valence-electron chi connectivity index (χ3n) is 8.93. The van der Waals surface area contributed by atoms with Gasteiger partial charge in [0.1, 0.15) is 0 Å². The summed E-state index contributed by atoms with van der Waals surface area (Å²) in [6, 6.07) is 26.8. The number of carboxylic acid groups (broad SMARTS) is 3. The maximum absolute atomic E-state index is 10.7. The van der Waals surface area contributed by atoms with Crippen LogP contribution in [-0.2, 0) is 26.4 Å². The van der Waals surface area contributed by atoms with Crippen LogP contribution in [-0.4, -0.2) is 71.5 Å². The van der Waals surface area contributed by atoms with Crippen LogP contribution < -0.4 is 0 Å². The van der Waals surface area contributed by atoms with Crippen LogP contribution in [0.4, 0.5) is 0 Å². The van der Waals surface area contributed by atoms with Crippen LogP contribution in [0, 0.1) is 5.41 Å². The lowest BCUT2D eigenvalue weighted by atomic mass is 9.90. The second-order valence-electron chi connectivity index (χ2n) is 13.8. The zero-order valence-electron chi connectivity index (χ0n) is 29.0. The lowest BCUT2D eigenvalue weighted by molar-refractivity contribution is -0.170. The third kappa shape index (κ3) is 11.6. The highest BCUT2D eigenvalue weighted by Crippen LogP contribution is 2.50. The second-order valence-corrected chi connectivity index (χ2v) is 15.4. The number of nitrogens with zero attached hydrogens (tertiary/aromatic N) is 1. The standard InChI is InChI=1S/C34H36ClNO2S.C6H8O7/c1-33(2,38)30-9-4-3-7-25(30)13-17-32(39-23-34(22-37)18-19-34)27-8-5-6-24(20-27)10-15-29-16-12-26-11-14-28(35)21-31(26)36-29;7-3(8)1-6(13,5(11)12)2-4(9)10/h3-12,14-16,20-21,32,37-38H,13,17-19,22-23H2,1-2H3;13H,1-2H2,(H,7,8)(H,9,10)(H,11,12). The minimum absolute atomic E-state index is 0.0933. The minimum Gasteiger partial charge on any atom is -0.481 e. The molecule has 0 bridgehead atoms. The van der Waals surface area contributed by atoms with Gasteiger partial charge in [0.15, 0.2) is 5.60 Å². The highest BCUT2D eigenvalue weighted by Gasteiger charge is 2.42. The molecule has 0 spiro atoms. The summed E-state index contributed by atoms with van der Waals surface area (Å²) in [5, 5.41) is 56.5. The first kappa shape index (κ1) is 40.5. The minimum atomic E-state index is -2.74. The summed E-state index contributed by atoms with van der Waals surface area (Å²) in [4.78, 5) is 35.2. The maximum atomic E-state index is 10.7. The van der Waals surface area contributed by atoms with Gasteiger partial charge in [0.2, 0.25) is 0 Å². The van der Waals surface area contributed by atoms with E-state index >= 15 is 0 Å². The van der Waals surface area contributed by atoms with Crippen LogP contribution in [0.15, 0.2) is 78.9 Å². The van der Waals surface area contributed by atoms with Gasteiger partial charge in [0.25, 0.3) is 0 Å². The van der Waals surface area contributed by atoms with Gasteiger partial charge >= 0.3 is 17.9 Å². The molecule has 0 saturated heterocycles. The predicted molar refractivity (Wildman–Crippen MR) is 203 cm³/mol. The number of hydrogen-bond donors (Lipinski definition) is 6. The number of carboxylic acids is 3. The van der Waals surface area contributed by atoms with Crippen LogP contribution in [0.5, 0.6) is 0 Å². The second kappa shape index (κ2) is 17.5. The Morgan fingerprint density at radius 2 is 1.58 bits per heavy atom. The van der Waals surface area contributed by atoms with Crippen LogP contribution in [0.25, 0.3) is 23.1 Å². The molecule has 1 aromatic heterocycles. The van der Waals surface area contributed by atoms with Crippen molar-refractivity contribution in [1.29, 1.82) is 0 Å². The van der Waals surface area contributed by atoms with Crippen LogP contribution in [0.1, 0.15) is 79.1 Å². The van der Waals surface area contributed by atoms with E-state index in [1.165, 1.54) is 11.1 Å². The fourth-order valence-electron chi connectivity index (χ4n) is 5.73. The number of aliphatic hydroxyl groups excluding tert-OH is 1. The van der Waals surface area contributed by atoms with Crippen molar-refractivity contribution in [2.45, 2.75) is 68.8 Å². The molecule has 0 aliphatic heterocycles. The van der Waals surface area contributed by atoms with Crippen molar-refractivity contribution in [2.75, 3.05) is 12.4 Å². The quantitative estimate of drug-likeness (QED) is 0.0680. The van der Waals surface area contributed by atoms with Gasteiger partial charge in [-0.1, -0.05) is 78.3 Å². The molecule has 276 valence electrons. The fraction of sp³-hybridized carbons (Fsp3) is 0.350. The number of fused-ring (bicyclic) bond motifs is 1. The van der Waals surface area contributed by atoms with E-state index in [0.717, 1.165) is 59.2 Å². The van der Waals surface area contributed by atoms with Gasteiger partial charge in [-0.3, -0.25) is 9.59 Å². The molecule has 4 aromatic rings. The first-order valence-corrected chi connectivity index (χ1v) is 18.2. The van der Waals surface area contributed by atoms with E-state index in [9.17, 15) is 24.6 Å². The largest absolute Gasteiger partial charge is 0.481 e. The number of pyridine rings is 1. The molecule has 1 saturated carbocycles. The summed E-state index contributed by atoms with van der Waals surface area (Å²) >= 11 is 8.12. The summed E-state index contributed by atoms with van der Waals surface area (Å²) in [5.41, 5.74) is 2.86. The summed E-state index contributed by atoms with van der Waals surface area (Å²) < 4.78 is 0. The SMILES string of the molecule is CC(C)(O)c1ccccc1CCC(SCC1(CO)CC1)c1cccc(C=Cc2ccc3ccc(Cl)cc3n2)c1.O=C(O)CC(O)(CC(=O)O)C(=O)O. The first-order chi connectivity index (χ1) is 24.5. The van der Waals surface area contributed by atoms with Crippen molar-refractivity contribution < 1.29 is 45.0 Å². The zero-order chi connectivity index (χ0) is 38.1. The Kier molecular flexibility index (Phi) is 13.6. The molecular weight excluding hydrogens is 706 g/mol. The molecule has 0 amide bonds. The maximum Gasteiger partial charge on any atom is 0.336 e. The van der Waals surface area contributed by atoms with Gasteiger partial charge in [-0.15, -0.1) is 0 Å². The third-order valence-corrected chi connectivity index (χ3v) is 10.9. The zero-order valence-corrected chi connectivity index (χ0v) is 30.6. The van der Waals surface area contributed by atoms with E-state index in [-0.39, 0.29) is 17.3 Å². The van der Waals surface area contributed by atoms with Gasteiger partial charge in [-0.25, -0.2) is 9.78 Å². The number of halogens is 1. The summed E-state index contributed by atoms with van der Waals surface area (Å²) in [6.45, 7) is 3.97. The molecule has 1 aliphatic rings. The summed E-state index contributed by atoms with van der Waals surface area (Å²) in [6.07, 6.45) is 5.93. The van der Waals surface area contributed by atoms with E-state index in [1.54, 1.807) is 0 Å². The van der Waals surface area contributed by atoms with E-state index in [2.05, 4.69) is 48.5 Å². The van der Waals surface area contributed by atoms with Crippen LogP contribution in [0.3, 0.4) is 0 Å². The highest BCUT2D eigenvalue weighted by atomic mass is 35.5. The van der Waals surface area contributed by atoms with Gasteiger partial charge in [0, 0.05) is 33.4 Å². The lowest BCUT2D eigenvalue weighted by Crippen LogP contribution is -2.42. The molecule has 1 heterocycles. The van der Waals surface area contributed by atoms with Gasteiger partial charge in [-0.2, -0.15) is 11.8 Å². The average Bonchev–Trinajstić information content (AvgIpc) is 3.87. The molecule has 1 aliphatic carbocycles. The number of aromatic nitrogens is 1. The van der Waals surface area contributed by atoms with E-state index < -0.39 is 42.0 Å². The van der Waals surface area contributed by atoms with Crippen LogP contribution >= 0.6 is 23.4 Å². The molecule has 1 fully saturated rings. The van der Waals surface area contributed by atoms with Crippen molar-refractivity contribution in [3.05, 3.63) is 112 Å². The van der Waals surface area contributed by atoms with Crippen molar-refractivity contribution in [1.82, 2.24) is 4.98 Å². The number of hydrogen-bond acceptors (Lipinski definition) is 8. The lowest BCUT2D eigenvalue weighted by Gasteiger charge is -2.24. The van der Waals surface area contributed by atoms with E-state index in [1.807, 2.05) is 68.1 Å². The number of aliphatic hydroxyl groups is 3. The van der Waals surface area contributed by atoms with E-state index in [0.29, 0.717) is 5.02 Å². The number of carbonyl (C=O) groups is 3. The first-order valence-electron chi connectivity index (χ1n) is 16.8. The van der Waals surface area contributed by atoms with Crippen molar-refractivity contribution >= 4 is 64.3 Å². The Morgan fingerprint density at radius 1 is 0.904 bits per heavy atom. The fourth-order valence-corrected chi connectivity index (χ4v) is 7.45. The molecule has 12 heteroatoms. The van der Waals surface area contributed by atoms with Crippen molar-refractivity contribution in [3.63, 3.8) is 0 Å². The van der Waals surface area contributed by atoms with Gasteiger partial charge < -0.3 is 30.6 Å². The van der Waals surface area contributed by atoms with Crippen molar-refractivity contribution in [3.8, 4) is 0 Å². The normalized spacial score (nSPS) is 14.4. The molecular formula is C40H44ClNO9S. The topological polar surface area (TPSA) is 185 Å².